The molecular weight excluding hydrogens is 272 g/mol. The zero-order valence-corrected chi connectivity index (χ0v) is 12.4. The molecule has 1 aromatic carbocycles. The lowest BCUT2D eigenvalue weighted by Gasteiger charge is -2.22. The Kier molecular flexibility index (Phi) is 7.49. The van der Waals surface area contributed by atoms with Crippen molar-refractivity contribution < 1.29 is 23.8 Å². The van der Waals surface area contributed by atoms with Crippen LogP contribution in [0.4, 0.5) is 0 Å². The minimum absolute atomic E-state index is 0. The Labute approximate surface area is 126 Å². The average molecular weight is 296 g/mol. The number of benzene rings is 1. The minimum atomic E-state index is -0.420. The second-order valence-corrected chi connectivity index (χ2v) is 4.78. The van der Waals surface area contributed by atoms with Crippen LogP contribution in [0.25, 0.3) is 0 Å². The van der Waals surface area contributed by atoms with E-state index >= 15 is 0 Å². The van der Waals surface area contributed by atoms with Crippen molar-refractivity contribution in [2.75, 3.05) is 7.11 Å². The number of carbonyl (C=O) groups excluding carboxylic acids is 2. The molecule has 0 N–H and O–H groups in total. The maximum atomic E-state index is 11.2. The van der Waals surface area contributed by atoms with Crippen molar-refractivity contribution in [1.82, 2.24) is 0 Å². The Morgan fingerprint density at radius 2 is 1.67 bits per heavy atom. The first-order chi connectivity index (χ1) is 9.35. The molecular formula is C16H24O5. The van der Waals surface area contributed by atoms with E-state index in [0.717, 1.165) is 5.56 Å². The molecule has 0 saturated carbocycles. The number of ether oxygens (including phenoxy) is 3. The molecule has 1 atom stereocenters. The molecule has 0 spiro atoms. The van der Waals surface area contributed by atoms with Gasteiger partial charge in [-0.3, -0.25) is 9.59 Å². The van der Waals surface area contributed by atoms with Gasteiger partial charge in [0, 0.05) is 13.8 Å². The van der Waals surface area contributed by atoms with Crippen LogP contribution >= 0.6 is 0 Å². The van der Waals surface area contributed by atoms with Crippen LogP contribution in [-0.4, -0.2) is 19.0 Å². The summed E-state index contributed by atoms with van der Waals surface area (Å²) in [4.78, 5) is 22.2. The van der Waals surface area contributed by atoms with Crippen molar-refractivity contribution in [1.29, 1.82) is 0 Å². The molecule has 0 bridgehead atoms. The van der Waals surface area contributed by atoms with Gasteiger partial charge in [-0.15, -0.1) is 0 Å². The maximum absolute atomic E-state index is 11.2. The molecule has 0 radical (unpaired) electrons. The normalized spacial score (nSPS) is 11.3. The summed E-state index contributed by atoms with van der Waals surface area (Å²) in [5.74, 6) is 0.121. The Balaban J connectivity index is 0.00000400. The van der Waals surface area contributed by atoms with Gasteiger partial charge < -0.3 is 14.2 Å². The number of carbonyl (C=O) groups is 2. The lowest BCUT2D eigenvalue weighted by molar-refractivity contribution is -0.149. The van der Waals surface area contributed by atoms with Crippen LogP contribution in [0, 0.1) is 5.92 Å². The first-order valence-corrected chi connectivity index (χ1v) is 6.38. The van der Waals surface area contributed by atoms with E-state index in [1.54, 1.807) is 18.2 Å². The smallest absolute Gasteiger partial charge is 0.308 e. The summed E-state index contributed by atoms with van der Waals surface area (Å²) < 4.78 is 15.6. The number of esters is 2. The Hall–Kier alpha value is -2.04. The third-order valence-corrected chi connectivity index (χ3v) is 2.67. The van der Waals surface area contributed by atoms with Crippen LogP contribution in [0.15, 0.2) is 18.2 Å². The Morgan fingerprint density at radius 1 is 1.05 bits per heavy atom. The molecule has 1 unspecified atom stereocenters. The monoisotopic (exact) mass is 296 g/mol. The summed E-state index contributed by atoms with van der Waals surface area (Å²) in [5.41, 5.74) is 0.794. The SMILES string of the molecule is C.COc1cc(C(OC(C)=O)C(C)C)ccc1OC(C)=O. The number of rotatable bonds is 5. The molecule has 1 rings (SSSR count). The molecule has 0 aliphatic heterocycles. The van der Waals surface area contributed by atoms with Crippen LogP contribution in [0.1, 0.15) is 46.8 Å². The zero-order valence-electron chi connectivity index (χ0n) is 12.4. The van der Waals surface area contributed by atoms with E-state index in [4.69, 9.17) is 14.2 Å². The van der Waals surface area contributed by atoms with Crippen molar-refractivity contribution >= 4 is 11.9 Å². The van der Waals surface area contributed by atoms with Gasteiger partial charge in [0.2, 0.25) is 0 Å². The molecule has 0 amide bonds. The third-order valence-electron chi connectivity index (χ3n) is 2.67. The second kappa shape index (κ2) is 8.29. The van der Waals surface area contributed by atoms with E-state index in [1.807, 2.05) is 13.8 Å². The largest absolute Gasteiger partial charge is 0.493 e. The van der Waals surface area contributed by atoms with Gasteiger partial charge in [0.25, 0.3) is 0 Å². The first kappa shape index (κ1) is 19.0. The standard InChI is InChI=1S/C15H20O5.CH4/c1-9(2)15(20-11(4)17)12-6-7-13(19-10(3)16)14(8-12)18-5;/h6-9,15H,1-5H3;1H4. The van der Waals surface area contributed by atoms with E-state index in [2.05, 4.69) is 0 Å². The fraction of sp³-hybridized carbons (Fsp3) is 0.500. The maximum Gasteiger partial charge on any atom is 0.308 e. The van der Waals surface area contributed by atoms with Crippen molar-refractivity contribution in [2.45, 2.75) is 41.2 Å². The zero-order chi connectivity index (χ0) is 15.3. The third kappa shape index (κ3) is 5.45. The van der Waals surface area contributed by atoms with Gasteiger partial charge in [0.1, 0.15) is 6.10 Å². The highest BCUT2D eigenvalue weighted by atomic mass is 16.6. The van der Waals surface area contributed by atoms with Gasteiger partial charge in [-0.25, -0.2) is 0 Å². The summed E-state index contributed by atoms with van der Waals surface area (Å²) in [5, 5.41) is 0. The van der Waals surface area contributed by atoms with Gasteiger partial charge in [0.05, 0.1) is 7.11 Å². The molecule has 5 nitrogen and oxygen atoms in total. The average Bonchev–Trinajstić information content (AvgIpc) is 2.35. The Morgan fingerprint density at radius 3 is 2.10 bits per heavy atom. The van der Waals surface area contributed by atoms with Gasteiger partial charge >= 0.3 is 11.9 Å². The summed E-state index contributed by atoms with van der Waals surface area (Å²) in [6.07, 6.45) is -0.368. The fourth-order valence-electron chi connectivity index (χ4n) is 1.87. The predicted octanol–water partition coefficient (Wildman–Crippen LogP) is 3.52. The Bertz CT molecular complexity index is 493. The quantitative estimate of drug-likeness (QED) is 0.614. The molecule has 118 valence electrons. The van der Waals surface area contributed by atoms with Crippen LogP contribution in [0.2, 0.25) is 0 Å². The second-order valence-electron chi connectivity index (χ2n) is 4.78. The highest BCUT2D eigenvalue weighted by Gasteiger charge is 2.21. The molecule has 0 aromatic heterocycles. The van der Waals surface area contributed by atoms with Crippen LogP contribution in [0.5, 0.6) is 11.5 Å². The lowest BCUT2D eigenvalue weighted by Crippen LogP contribution is -2.14. The predicted molar refractivity (Wildman–Crippen MR) is 80.4 cm³/mol. The van der Waals surface area contributed by atoms with E-state index in [-0.39, 0.29) is 25.4 Å². The molecule has 0 fully saturated rings. The van der Waals surface area contributed by atoms with E-state index in [1.165, 1.54) is 21.0 Å². The van der Waals surface area contributed by atoms with Crippen molar-refractivity contribution in [3.05, 3.63) is 23.8 Å². The van der Waals surface area contributed by atoms with Crippen LogP contribution < -0.4 is 9.47 Å². The van der Waals surface area contributed by atoms with Crippen molar-refractivity contribution in [3.8, 4) is 11.5 Å². The van der Waals surface area contributed by atoms with Gasteiger partial charge in [0.15, 0.2) is 11.5 Å². The number of methoxy groups -OCH3 is 1. The summed E-state index contributed by atoms with van der Waals surface area (Å²) in [6.45, 7) is 6.61. The van der Waals surface area contributed by atoms with Gasteiger partial charge in [-0.1, -0.05) is 27.3 Å². The van der Waals surface area contributed by atoms with Crippen LogP contribution in [-0.2, 0) is 14.3 Å². The molecule has 21 heavy (non-hydrogen) atoms. The highest BCUT2D eigenvalue weighted by molar-refractivity contribution is 5.70. The van der Waals surface area contributed by atoms with Gasteiger partial charge in [-0.2, -0.15) is 0 Å². The first-order valence-electron chi connectivity index (χ1n) is 6.38. The van der Waals surface area contributed by atoms with E-state index in [9.17, 15) is 9.59 Å². The minimum Gasteiger partial charge on any atom is -0.493 e. The molecule has 0 aliphatic carbocycles. The molecule has 0 aliphatic rings. The summed E-state index contributed by atoms with van der Waals surface area (Å²) >= 11 is 0. The summed E-state index contributed by atoms with van der Waals surface area (Å²) in [6, 6.07) is 5.11. The van der Waals surface area contributed by atoms with E-state index < -0.39 is 5.97 Å². The highest BCUT2D eigenvalue weighted by Crippen LogP contribution is 2.34. The number of hydrogen-bond acceptors (Lipinski definition) is 5. The fourth-order valence-corrected chi connectivity index (χ4v) is 1.87. The molecule has 1 aromatic rings. The van der Waals surface area contributed by atoms with Crippen molar-refractivity contribution in [2.24, 2.45) is 5.92 Å². The lowest BCUT2D eigenvalue weighted by atomic mass is 9.98. The molecule has 5 heteroatoms. The van der Waals surface area contributed by atoms with Crippen molar-refractivity contribution in [3.63, 3.8) is 0 Å². The summed E-state index contributed by atoms with van der Waals surface area (Å²) in [7, 11) is 1.49. The molecule has 0 heterocycles. The topological polar surface area (TPSA) is 61.8 Å². The van der Waals surface area contributed by atoms with Crippen LogP contribution in [0.3, 0.4) is 0 Å². The number of hydrogen-bond donors (Lipinski definition) is 0. The van der Waals surface area contributed by atoms with E-state index in [0.29, 0.717) is 11.5 Å². The van der Waals surface area contributed by atoms with Gasteiger partial charge in [-0.05, 0) is 23.6 Å². The molecule has 0 saturated heterocycles.